The molecule has 0 saturated carbocycles. The van der Waals surface area contributed by atoms with Crippen molar-refractivity contribution in [1.29, 1.82) is 0 Å². The maximum atomic E-state index is 10.6. The van der Waals surface area contributed by atoms with Crippen LogP contribution in [-0.2, 0) is 0 Å². The molecule has 0 fully saturated rings. The maximum absolute atomic E-state index is 10.6. The molecule has 1 aromatic heterocycles. The van der Waals surface area contributed by atoms with Gasteiger partial charge in [-0.3, -0.25) is 4.79 Å². The van der Waals surface area contributed by atoms with Gasteiger partial charge in [0.2, 0.25) is 0 Å². The Balaban J connectivity index is 1.94. The van der Waals surface area contributed by atoms with Crippen LogP contribution >= 0.6 is 0 Å². The molecule has 1 aliphatic rings. The molecule has 1 unspecified atom stereocenters. The molecular formula is C15H14O4. The topological polar surface area (TPSA) is 48.7 Å². The second-order valence-corrected chi connectivity index (χ2v) is 4.71. The van der Waals surface area contributed by atoms with Crippen molar-refractivity contribution in [3.8, 4) is 22.8 Å². The van der Waals surface area contributed by atoms with Gasteiger partial charge in [0, 0.05) is 11.5 Å². The van der Waals surface area contributed by atoms with Gasteiger partial charge in [0.15, 0.2) is 23.5 Å². The summed E-state index contributed by atoms with van der Waals surface area (Å²) in [7, 11) is 0. The summed E-state index contributed by atoms with van der Waals surface area (Å²) >= 11 is 0. The Morgan fingerprint density at radius 3 is 2.63 bits per heavy atom. The molecule has 0 saturated heterocycles. The van der Waals surface area contributed by atoms with Gasteiger partial charge in [0.1, 0.15) is 5.76 Å². The third kappa shape index (κ3) is 2.34. The van der Waals surface area contributed by atoms with Crippen molar-refractivity contribution in [1.82, 2.24) is 0 Å². The summed E-state index contributed by atoms with van der Waals surface area (Å²) in [6, 6.07) is 9.05. The van der Waals surface area contributed by atoms with E-state index in [1.54, 1.807) is 12.1 Å². The fourth-order valence-electron chi connectivity index (χ4n) is 1.98. The lowest BCUT2D eigenvalue weighted by atomic mass is 10.1. The Morgan fingerprint density at radius 2 is 1.89 bits per heavy atom. The number of hydrogen-bond donors (Lipinski definition) is 0. The molecule has 2 heterocycles. The number of furan rings is 1. The zero-order valence-electron chi connectivity index (χ0n) is 10.6. The van der Waals surface area contributed by atoms with Crippen LogP contribution in [0.15, 0.2) is 34.7 Å². The van der Waals surface area contributed by atoms with Gasteiger partial charge in [-0.1, -0.05) is 6.92 Å². The molecule has 98 valence electrons. The second kappa shape index (κ2) is 4.80. The van der Waals surface area contributed by atoms with Crippen LogP contribution < -0.4 is 9.47 Å². The molecule has 1 aromatic carbocycles. The molecule has 0 bridgehead atoms. The smallest absolute Gasteiger partial charge is 0.185 e. The summed E-state index contributed by atoms with van der Waals surface area (Å²) in [6.07, 6.45) is 0.689. The number of benzene rings is 1. The molecular weight excluding hydrogens is 244 g/mol. The van der Waals surface area contributed by atoms with Crippen molar-refractivity contribution >= 4 is 6.29 Å². The minimum atomic E-state index is 0.315. The normalized spacial score (nSPS) is 17.8. The van der Waals surface area contributed by atoms with Crippen molar-refractivity contribution < 1.29 is 18.7 Å². The molecule has 4 heteroatoms. The molecule has 1 aliphatic heterocycles. The van der Waals surface area contributed by atoms with Gasteiger partial charge in [-0.05, 0) is 30.3 Å². The SMILES string of the molecule is CC1COc2ccc(-c3ccc(C=O)o3)cc2OC1. The first-order chi connectivity index (χ1) is 9.26. The molecule has 2 aromatic rings. The van der Waals surface area contributed by atoms with Crippen molar-refractivity contribution in [2.75, 3.05) is 13.2 Å². The first-order valence-electron chi connectivity index (χ1n) is 6.21. The highest BCUT2D eigenvalue weighted by Crippen LogP contribution is 2.35. The fourth-order valence-corrected chi connectivity index (χ4v) is 1.98. The highest BCUT2D eigenvalue weighted by molar-refractivity contribution is 5.73. The molecule has 19 heavy (non-hydrogen) atoms. The molecule has 0 radical (unpaired) electrons. The number of aldehydes is 1. The summed E-state index contributed by atoms with van der Waals surface area (Å²) in [5.74, 6) is 2.78. The van der Waals surface area contributed by atoms with E-state index in [0.717, 1.165) is 11.3 Å². The van der Waals surface area contributed by atoms with Gasteiger partial charge in [0.25, 0.3) is 0 Å². The Morgan fingerprint density at radius 1 is 1.11 bits per heavy atom. The number of fused-ring (bicyclic) bond motifs is 1. The quantitative estimate of drug-likeness (QED) is 0.776. The third-order valence-electron chi connectivity index (χ3n) is 3.02. The maximum Gasteiger partial charge on any atom is 0.185 e. The van der Waals surface area contributed by atoms with Crippen molar-refractivity contribution in [3.05, 3.63) is 36.1 Å². The summed E-state index contributed by atoms with van der Waals surface area (Å²) < 4.78 is 16.8. The van der Waals surface area contributed by atoms with E-state index < -0.39 is 0 Å². The van der Waals surface area contributed by atoms with E-state index in [-0.39, 0.29) is 0 Å². The molecule has 0 amide bonds. The Labute approximate surface area is 110 Å². The van der Waals surface area contributed by atoms with Crippen molar-refractivity contribution in [2.24, 2.45) is 5.92 Å². The number of rotatable bonds is 2. The summed E-state index contributed by atoms with van der Waals surface area (Å²) in [4.78, 5) is 10.6. The third-order valence-corrected chi connectivity index (χ3v) is 3.02. The zero-order chi connectivity index (χ0) is 13.2. The summed E-state index contributed by atoms with van der Waals surface area (Å²) in [5.41, 5.74) is 0.866. The van der Waals surface area contributed by atoms with Crippen LogP contribution in [-0.4, -0.2) is 19.5 Å². The van der Waals surface area contributed by atoms with Crippen LogP contribution in [0.2, 0.25) is 0 Å². The zero-order valence-corrected chi connectivity index (χ0v) is 10.6. The minimum Gasteiger partial charge on any atom is -0.489 e. The van der Waals surface area contributed by atoms with Crippen LogP contribution in [0.3, 0.4) is 0 Å². The largest absolute Gasteiger partial charge is 0.489 e. The summed E-state index contributed by atoms with van der Waals surface area (Å²) in [6.45, 7) is 3.37. The van der Waals surface area contributed by atoms with Gasteiger partial charge in [-0.2, -0.15) is 0 Å². The van der Waals surface area contributed by atoms with Crippen molar-refractivity contribution in [3.63, 3.8) is 0 Å². The van der Waals surface area contributed by atoms with Gasteiger partial charge < -0.3 is 13.9 Å². The molecule has 0 spiro atoms. The lowest BCUT2D eigenvalue weighted by molar-refractivity contribution is 0.110. The predicted molar refractivity (Wildman–Crippen MR) is 69.7 cm³/mol. The van der Waals surface area contributed by atoms with Gasteiger partial charge in [-0.15, -0.1) is 0 Å². The highest BCUT2D eigenvalue weighted by atomic mass is 16.5. The van der Waals surface area contributed by atoms with Crippen LogP contribution in [0, 0.1) is 5.92 Å². The van der Waals surface area contributed by atoms with Gasteiger partial charge >= 0.3 is 0 Å². The predicted octanol–water partition coefficient (Wildman–Crippen LogP) is 3.17. The average molecular weight is 258 g/mol. The van der Waals surface area contributed by atoms with Crippen LogP contribution in [0.25, 0.3) is 11.3 Å². The molecule has 1 atom stereocenters. The van der Waals surface area contributed by atoms with Crippen LogP contribution in [0.4, 0.5) is 0 Å². The number of carbonyl (C=O) groups is 1. The first-order valence-corrected chi connectivity index (χ1v) is 6.21. The lowest BCUT2D eigenvalue weighted by Gasteiger charge is -2.07. The molecule has 0 aliphatic carbocycles. The summed E-state index contributed by atoms with van der Waals surface area (Å²) in [5, 5.41) is 0. The fraction of sp³-hybridized carbons (Fsp3) is 0.267. The van der Waals surface area contributed by atoms with Gasteiger partial charge in [-0.25, -0.2) is 0 Å². The standard InChI is InChI=1S/C15H14O4/c1-10-8-17-14-4-2-11(6-15(14)18-9-10)13-5-3-12(7-16)19-13/h2-7,10H,8-9H2,1H3. The number of hydrogen-bond acceptors (Lipinski definition) is 4. The van der Waals surface area contributed by atoms with E-state index in [2.05, 4.69) is 6.92 Å². The van der Waals surface area contributed by atoms with E-state index in [1.807, 2.05) is 18.2 Å². The number of carbonyl (C=O) groups excluding carboxylic acids is 1. The highest BCUT2D eigenvalue weighted by Gasteiger charge is 2.16. The molecule has 0 N–H and O–H groups in total. The van der Waals surface area contributed by atoms with E-state index in [4.69, 9.17) is 13.9 Å². The Kier molecular flexibility index (Phi) is 2.99. The first kappa shape index (κ1) is 11.8. The Hall–Kier alpha value is -2.23. The van der Waals surface area contributed by atoms with Crippen LogP contribution in [0.5, 0.6) is 11.5 Å². The Bertz CT molecular complexity index is 600. The lowest BCUT2D eigenvalue weighted by Crippen LogP contribution is -2.12. The van der Waals surface area contributed by atoms with Crippen molar-refractivity contribution in [2.45, 2.75) is 6.92 Å². The van der Waals surface area contributed by atoms with E-state index in [1.165, 1.54) is 0 Å². The van der Waals surface area contributed by atoms with E-state index in [0.29, 0.717) is 42.7 Å². The monoisotopic (exact) mass is 258 g/mol. The van der Waals surface area contributed by atoms with Crippen LogP contribution in [0.1, 0.15) is 17.5 Å². The van der Waals surface area contributed by atoms with Gasteiger partial charge in [0.05, 0.1) is 13.2 Å². The van der Waals surface area contributed by atoms with E-state index >= 15 is 0 Å². The minimum absolute atomic E-state index is 0.315. The average Bonchev–Trinajstić information content (AvgIpc) is 2.84. The molecule has 4 nitrogen and oxygen atoms in total. The number of ether oxygens (including phenoxy) is 2. The second-order valence-electron chi connectivity index (χ2n) is 4.71. The molecule has 3 rings (SSSR count). The van der Waals surface area contributed by atoms with E-state index in [9.17, 15) is 4.79 Å².